The first-order valence-corrected chi connectivity index (χ1v) is 12.4. The largest absolute Gasteiger partial charge is 0.354 e. The Morgan fingerprint density at radius 1 is 1.00 bits per heavy atom. The fraction of sp³-hybridized carbons (Fsp3) is 0.276. The Bertz CT molecular complexity index is 1420. The van der Waals surface area contributed by atoms with Crippen LogP contribution in [-0.2, 0) is 13.6 Å². The number of nitrogens with zero attached hydrogens (tertiary/aromatic N) is 7. The van der Waals surface area contributed by atoms with Crippen LogP contribution >= 0.6 is 0 Å². The van der Waals surface area contributed by atoms with E-state index >= 15 is 0 Å². The van der Waals surface area contributed by atoms with Crippen molar-refractivity contribution in [2.75, 3.05) is 26.2 Å². The molecule has 5 rings (SSSR count). The number of hydrogen-bond acceptors (Lipinski definition) is 5. The summed E-state index contributed by atoms with van der Waals surface area (Å²) in [4.78, 5) is 9.19. The summed E-state index contributed by atoms with van der Waals surface area (Å²) >= 11 is 0. The molecule has 36 heavy (non-hydrogen) atoms. The molecule has 0 radical (unpaired) electrons. The summed E-state index contributed by atoms with van der Waals surface area (Å²) in [6.45, 7) is 13.0. The maximum absolute atomic E-state index is 4.58. The Kier molecular flexibility index (Phi) is 6.82. The number of fused-ring (bicyclic) bond motifs is 1. The molecule has 0 saturated carbocycles. The van der Waals surface area contributed by atoms with E-state index in [1.165, 1.54) is 5.56 Å². The molecule has 4 heterocycles. The van der Waals surface area contributed by atoms with Crippen LogP contribution in [0.3, 0.4) is 0 Å². The third kappa shape index (κ3) is 5.02. The molecule has 1 aromatic carbocycles. The van der Waals surface area contributed by atoms with E-state index in [4.69, 9.17) is 0 Å². The number of aryl methyl sites for hydroxylation is 2. The number of piperazine rings is 1. The molecule has 1 aliphatic rings. The highest BCUT2D eigenvalue weighted by Crippen LogP contribution is 2.29. The molecule has 0 N–H and O–H groups in total. The normalized spacial score (nSPS) is 15.6. The topological polar surface area (TPSA) is 54.0 Å². The molecule has 0 amide bonds. The molecule has 184 valence electrons. The van der Waals surface area contributed by atoms with Crippen LogP contribution in [-0.4, -0.2) is 62.1 Å². The SMILES string of the molecule is C=N/C(=C\C=C(/C)c1cc(-c2cnn(C)c2)cn2ncc(C)c12)N1CCN(Cc2ccccc2)CC1. The molecule has 0 spiro atoms. The maximum atomic E-state index is 4.58. The third-order valence-corrected chi connectivity index (χ3v) is 6.85. The standard InChI is InChI=1S/C29H33N7/c1-22(27-16-25(26-18-31-33(4)20-26)21-36-29(27)23(2)17-32-36)10-11-28(30-3)35-14-12-34(13-15-35)19-24-8-6-5-7-9-24/h5-11,16-18,20-21H,3,12-15,19H2,1-2,4H3/b22-10+,28-11+. The van der Waals surface area contributed by atoms with E-state index < -0.39 is 0 Å². The molecule has 0 unspecified atom stereocenters. The van der Waals surface area contributed by atoms with Crippen molar-refractivity contribution in [3.8, 4) is 11.1 Å². The predicted molar refractivity (Wildman–Crippen MR) is 147 cm³/mol. The number of aromatic nitrogens is 4. The Labute approximate surface area is 212 Å². The van der Waals surface area contributed by atoms with Gasteiger partial charge in [0.2, 0.25) is 0 Å². The van der Waals surface area contributed by atoms with E-state index in [1.807, 2.05) is 34.8 Å². The van der Waals surface area contributed by atoms with E-state index in [-0.39, 0.29) is 0 Å². The minimum atomic E-state index is 0.915. The van der Waals surface area contributed by atoms with Crippen LogP contribution in [0.1, 0.15) is 23.6 Å². The molecular weight excluding hydrogens is 446 g/mol. The van der Waals surface area contributed by atoms with Gasteiger partial charge in [-0.15, -0.1) is 0 Å². The summed E-state index contributed by atoms with van der Waals surface area (Å²) in [7, 11) is 1.93. The molecule has 1 aliphatic heterocycles. The van der Waals surface area contributed by atoms with Crippen molar-refractivity contribution in [3.63, 3.8) is 0 Å². The Morgan fingerprint density at radius 2 is 1.78 bits per heavy atom. The monoisotopic (exact) mass is 479 g/mol. The van der Waals surface area contributed by atoms with Crippen molar-refractivity contribution in [1.82, 2.24) is 29.2 Å². The quantitative estimate of drug-likeness (QED) is 0.282. The Morgan fingerprint density at radius 3 is 2.47 bits per heavy atom. The van der Waals surface area contributed by atoms with Gasteiger partial charge in [0.15, 0.2) is 0 Å². The lowest BCUT2D eigenvalue weighted by molar-refractivity contribution is 0.152. The zero-order valence-electron chi connectivity index (χ0n) is 21.3. The van der Waals surface area contributed by atoms with Crippen LogP contribution < -0.4 is 0 Å². The van der Waals surface area contributed by atoms with Gasteiger partial charge < -0.3 is 4.90 Å². The molecule has 7 heteroatoms. The van der Waals surface area contributed by atoms with Gasteiger partial charge in [0.1, 0.15) is 5.82 Å². The molecule has 0 aliphatic carbocycles. The predicted octanol–water partition coefficient (Wildman–Crippen LogP) is 4.81. The molecular formula is C29H33N7. The lowest BCUT2D eigenvalue weighted by Gasteiger charge is -2.36. The Hall–Kier alpha value is -3.97. The van der Waals surface area contributed by atoms with Gasteiger partial charge in [-0.1, -0.05) is 36.4 Å². The van der Waals surface area contributed by atoms with Gasteiger partial charge >= 0.3 is 0 Å². The molecule has 0 atom stereocenters. The number of allylic oxidation sites excluding steroid dienone is 3. The number of rotatable bonds is 7. The lowest BCUT2D eigenvalue weighted by Crippen LogP contribution is -2.45. The van der Waals surface area contributed by atoms with Crippen molar-refractivity contribution in [2.24, 2.45) is 12.0 Å². The molecule has 1 saturated heterocycles. The third-order valence-electron chi connectivity index (χ3n) is 6.85. The second-order valence-electron chi connectivity index (χ2n) is 9.45. The van der Waals surface area contributed by atoms with Crippen molar-refractivity contribution in [3.05, 3.63) is 95.8 Å². The van der Waals surface area contributed by atoms with Crippen molar-refractivity contribution < 1.29 is 0 Å². The highest BCUT2D eigenvalue weighted by molar-refractivity contribution is 5.83. The molecule has 1 fully saturated rings. The highest BCUT2D eigenvalue weighted by atomic mass is 15.3. The van der Waals surface area contributed by atoms with E-state index in [1.54, 1.807) is 0 Å². The highest BCUT2D eigenvalue weighted by Gasteiger charge is 2.18. The van der Waals surface area contributed by atoms with E-state index in [0.717, 1.165) is 71.9 Å². The molecule has 3 aromatic heterocycles. The number of pyridine rings is 1. The zero-order chi connectivity index (χ0) is 25.1. The molecule has 0 bridgehead atoms. The van der Waals surface area contributed by atoms with Gasteiger partial charge in [-0.2, -0.15) is 10.2 Å². The van der Waals surface area contributed by atoms with Gasteiger partial charge in [-0.3, -0.25) is 9.58 Å². The number of hydrogen-bond donors (Lipinski definition) is 0. The van der Waals surface area contributed by atoms with E-state index in [9.17, 15) is 0 Å². The van der Waals surface area contributed by atoms with Gasteiger partial charge in [0, 0.05) is 68.9 Å². The van der Waals surface area contributed by atoms with Crippen molar-refractivity contribution >= 4 is 17.8 Å². The first-order chi connectivity index (χ1) is 17.5. The van der Waals surface area contributed by atoms with Crippen LogP contribution in [0.4, 0.5) is 0 Å². The summed E-state index contributed by atoms with van der Waals surface area (Å²) in [5.41, 5.74) is 8.08. The van der Waals surface area contributed by atoms with Crippen molar-refractivity contribution in [1.29, 1.82) is 0 Å². The molecule has 7 nitrogen and oxygen atoms in total. The lowest BCUT2D eigenvalue weighted by atomic mass is 10.0. The second kappa shape index (κ2) is 10.3. The van der Waals surface area contributed by atoms with Gasteiger partial charge in [0.25, 0.3) is 0 Å². The number of aliphatic imine (C=N–C) groups is 1. The van der Waals surface area contributed by atoms with Crippen LogP contribution in [0.5, 0.6) is 0 Å². The molecule has 4 aromatic rings. The smallest absolute Gasteiger partial charge is 0.127 e. The average Bonchev–Trinajstić information content (AvgIpc) is 3.50. The van der Waals surface area contributed by atoms with Gasteiger partial charge in [0.05, 0.1) is 17.9 Å². The minimum Gasteiger partial charge on any atom is -0.354 e. The summed E-state index contributed by atoms with van der Waals surface area (Å²) in [5, 5.41) is 8.92. The summed E-state index contributed by atoms with van der Waals surface area (Å²) < 4.78 is 3.79. The average molecular weight is 480 g/mol. The summed E-state index contributed by atoms with van der Waals surface area (Å²) in [6.07, 6.45) is 12.1. The van der Waals surface area contributed by atoms with Gasteiger partial charge in [-0.05, 0) is 49.4 Å². The van der Waals surface area contributed by atoms with Crippen LogP contribution in [0, 0.1) is 6.92 Å². The fourth-order valence-electron chi connectivity index (χ4n) is 4.83. The zero-order valence-corrected chi connectivity index (χ0v) is 21.3. The number of benzene rings is 1. The van der Waals surface area contributed by atoms with Crippen LogP contribution in [0.25, 0.3) is 22.2 Å². The van der Waals surface area contributed by atoms with E-state index in [0.29, 0.717) is 0 Å². The first kappa shape index (κ1) is 23.8. The summed E-state index contributed by atoms with van der Waals surface area (Å²) in [5.74, 6) is 0.915. The first-order valence-electron chi connectivity index (χ1n) is 12.4. The maximum Gasteiger partial charge on any atom is 0.127 e. The Balaban J connectivity index is 1.36. The van der Waals surface area contributed by atoms with E-state index in [2.05, 4.69) is 100 Å². The minimum absolute atomic E-state index is 0.915. The fourth-order valence-corrected chi connectivity index (χ4v) is 4.83. The van der Waals surface area contributed by atoms with Crippen molar-refractivity contribution in [2.45, 2.75) is 20.4 Å². The van der Waals surface area contributed by atoms with Crippen LogP contribution in [0.15, 0.2) is 84.2 Å². The summed E-state index contributed by atoms with van der Waals surface area (Å²) in [6, 6.07) is 12.9. The van der Waals surface area contributed by atoms with Gasteiger partial charge in [-0.25, -0.2) is 9.51 Å². The second-order valence-corrected chi connectivity index (χ2v) is 9.45. The van der Waals surface area contributed by atoms with Crippen LogP contribution in [0.2, 0.25) is 0 Å².